The number of H-pyrrole nitrogens is 1. The fourth-order valence-electron chi connectivity index (χ4n) is 3.07. The van der Waals surface area contributed by atoms with Crippen molar-refractivity contribution in [1.82, 2.24) is 9.97 Å². The van der Waals surface area contributed by atoms with Crippen LogP contribution in [0.15, 0.2) is 35.1 Å². The number of aryl methyl sites for hydroxylation is 2. The van der Waals surface area contributed by atoms with Gasteiger partial charge in [0.25, 0.3) is 5.56 Å². The Balaban J connectivity index is 2.30. The third-order valence-electron chi connectivity index (χ3n) is 4.18. The van der Waals surface area contributed by atoms with Gasteiger partial charge in [0.15, 0.2) is 0 Å². The smallest absolute Gasteiger partial charge is 0.266 e. The number of rotatable bonds is 4. The first-order valence-electron chi connectivity index (χ1n) is 8.28. The van der Waals surface area contributed by atoms with Gasteiger partial charge in [-0.3, -0.25) is 14.5 Å². The van der Waals surface area contributed by atoms with Crippen LogP contribution in [0.1, 0.15) is 23.9 Å². The van der Waals surface area contributed by atoms with Crippen LogP contribution in [0.3, 0.4) is 0 Å². The molecule has 0 aliphatic rings. The highest BCUT2D eigenvalue weighted by Crippen LogP contribution is 2.32. The maximum atomic E-state index is 12.4. The molecule has 3 rings (SSSR count). The number of hydrogen-bond acceptors (Lipinski definition) is 5. The van der Waals surface area contributed by atoms with Crippen LogP contribution in [0.4, 0.5) is 5.69 Å². The van der Waals surface area contributed by atoms with Crippen LogP contribution in [0.25, 0.3) is 22.0 Å². The predicted octanol–water partition coefficient (Wildman–Crippen LogP) is 2.70. The lowest BCUT2D eigenvalue weighted by atomic mass is 9.95. The molecule has 0 saturated heterocycles. The number of hydrogen-bond donors (Lipinski definition) is 2. The first kappa shape index (κ1) is 18.6. The molecular formula is C19H18N4O3S. The Labute approximate surface area is 156 Å². The second-order valence-corrected chi connectivity index (χ2v) is 7.99. The average molecular weight is 382 g/mol. The van der Waals surface area contributed by atoms with Crippen molar-refractivity contribution >= 4 is 26.6 Å². The summed E-state index contributed by atoms with van der Waals surface area (Å²) in [6, 6.07) is 10.3. The Hall–Kier alpha value is -3.18. The standard InChI is InChI=1S/C19H18N4O3S/c1-4-13-9-16-17(11(2)21-13)18(15(10-20)19(24)22-16)12-5-7-14(8-6-12)23-27(3,25)26/h5-9,23H,4H2,1-3H3,(H,22,24). The lowest BCUT2D eigenvalue weighted by Gasteiger charge is -2.13. The van der Waals surface area contributed by atoms with Gasteiger partial charge in [-0.15, -0.1) is 0 Å². The van der Waals surface area contributed by atoms with Crippen LogP contribution in [0.2, 0.25) is 0 Å². The van der Waals surface area contributed by atoms with E-state index in [-0.39, 0.29) is 5.56 Å². The molecule has 0 saturated carbocycles. The number of pyridine rings is 2. The number of fused-ring (bicyclic) bond motifs is 1. The molecule has 0 fully saturated rings. The molecule has 8 heteroatoms. The highest BCUT2D eigenvalue weighted by Gasteiger charge is 2.17. The van der Waals surface area contributed by atoms with Crippen molar-refractivity contribution < 1.29 is 8.42 Å². The van der Waals surface area contributed by atoms with Crippen molar-refractivity contribution in [3.8, 4) is 17.2 Å². The molecule has 0 spiro atoms. The first-order valence-corrected chi connectivity index (χ1v) is 10.2. The number of sulfonamides is 1. The van der Waals surface area contributed by atoms with Gasteiger partial charge in [-0.05, 0) is 37.1 Å². The summed E-state index contributed by atoms with van der Waals surface area (Å²) < 4.78 is 25.1. The monoisotopic (exact) mass is 382 g/mol. The van der Waals surface area contributed by atoms with Gasteiger partial charge in [0, 0.05) is 28.0 Å². The van der Waals surface area contributed by atoms with Gasteiger partial charge < -0.3 is 4.98 Å². The van der Waals surface area contributed by atoms with Gasteiger partial charge in [-0.1, -0.05) is 19.1 Å². The molecule has 2 heterocycles. The van der Waals surface area contributed by atoms with Crippen molar-refractivity contribution in [3.05, 3.63) is 57.6 Å². The van der Waals surface area contributed by atoms with Gasteiger partial charge in [0.2, 0.25) is 10.0 Å². The first-order chi connectivity index (χ1) is 12.7. The van der Waals surface area contributed by atoms with E-state index in [9.17, 15) is 18.5 Å². The van der Waals surface area contributed by atoms with Crippen LogP contribution in [0, 0.1) is 18.3 Å². The predicted molar refractivity (Wildman–Crippen MR) is 105 cm³/mol. The number of aromatic amines is 1. The van der Waals surface area contributed by atoms with Crippen molar-refractivity contribution in [1.29, 1.82) is 5.26 Å². The summed E-state index contributed by atoms with van der Waals surface area (Å²) in [6.07, 6.45) is 1.79. The van der Waals surface area contributed by atoms with Crippen LogP contribution < -0.4 is 10.3 Å². The Bertz CT molecular complexity index is 1240. The van der Waals surface area contributed by atoms with E-state index in [1.165, 1.54) is 0 Å². The highest BCUT2D eigenvalue weighted by atomic mass is 32.2. The second-order valence-electron chi connectivity index (χ2n) is 6.24. The van der Waals surface area contributed by atoms with Gasteiger partial charge in [0.1, 0.15) is 11.6 Å². The summed E-state index contributed by atoms with van der Waals surface area (Å²) in [7, 11) is -3.39. The van der Waals surface area contributed by atoms with E-state index in [1.807, 2.05) is 26.0 Å². The maximum Gasteiger partial charge on any atom is 0.266 e. The normalized spacial score (nSPS) is 11.3. The lowest BCUT2D eigenvalue weighted by Crippen LogP contribution is -2.13. The Morgan fingerprint density at radius 3 is 2.48 bits per heavy atom. The fourth-order valence-corrected chi connectivity index (χ4v) is 3.63. The molecule has 1 aromatic carbocycles. The summed E-state index contributed by atoms with van der Waals surface area (Å²) in [5.41, 5.74) is 3.25. The minimum Gasteiger partial charge on any atom is -0.321 e. The largest absolute Gasteiger partial charge is 0.321 e. The van der Waals surface area contributed by atoms with Gasteiger partial charge in [-0.2, -0.15) is 5.26 Å². The van der Waals surface area contributed by atoms with Crippen LogP contribution in [-0.2, 0) is 16.4 Å². The molecule has 0 aliphatic heterocycles. The summed E-state index contributed by atoms with van der Waals surface area (Å²) in [5.74, 6) is 0. The molecule has 3 aromatic rings. The molecule has 0 aliphatic carbocycles. The topological polar surface area (TPSA) is 116 Å². The summed E-state index contributed by atoms with van der Waals surface area (Å²) in [5, 5.41) is 10.2. The zero-order valence-corrected chi connectivity index (χ0v) is 15.9. The van der Waals surface area contributed by atoms with E-state index >= 15 is 0 Å². The Kier molecular flexibility index (Phi) is 4.72. The molecule has 0 unspecified atom stereocenters. The van der Waals surface area contributed by atoms with E-state index in [4.69, 9.17) is 0 Å². The summed E-state index contributed by atoms with van der Waals surface area (Å²) >= 11 is 0. The van der Waals surface area contributed by atoms with Gasteiger partial charge in [0.05, 0.1) is 11.8 Å². The fraction of sp³-hybridized carbons (Fsp3) is 0.211. The molecule has 0 radical (unpaired) electrons. The third kappa shape index (κ3) is 3.68. The zero-order valence-electron chi connectivity index (χ0n) is 15.1. The lowest BCUT2D eigenvalue weighted by molar-refractivity contribution is 0.607. The maximum absolute atomic E-state index is 12.4. The van der Waals surface area contributed by atoms with E-state index in [1.54, 1.807) is 24.3 Å². The molecular weight excluding hydrogens is 364 g/mol. The molecule has 138 valence electrons. The van der Waals surface area contributed by atoms with Crippen LogP contribution in [-0.4, -0.2) is 24.6 Å². The van der Waals surface area contributed by atoms with Crippen molar-refractivity contribution in [3.63, 3.8) is 0 Å². The SMILES string of the molecule is CCc1cc2[nH]c(=O)c(C#N)c(-c3ccc(NS(C)(=O)=O)cc3)c2c(C)n1. The molecule has 27 heavy (non-hydrogen) atoms. The minimum absolute atomic E-state index is 0.000436. The molecule has 2 aromatic heterocycles. The summed E-state index contributed by atoms with van der Waals surface area (Å²) in [4.78, 5) is 19.8. The quantitative estimate of drug-likeness (QED) is 0.720. The third-order valence-corrected chi connectivity index (χ3v) is 4.79. The Morgan fingerprint density at radius 1 is 1.26 bits per heavy atom. The number of nitriles is 1. The van der Waals surface area contributed by atoms with E-state index < -0.39 is 15.6 Å². The van der Waals surface area contributed by atoms with E-state index in [2.05, 4.69) is 14.7 Å². The zero-order chi connectivity index (χ0) is 19.8. The molecule has 7 nitrogen and oxygen atoms in total. The molecule has 2 N–H and O–H groups in total. The average Bonchev–Trinajstić information content (AvgIpc) is 2.59. The minimum atomic E-state index is -3.39. The van der Waals surface area contributed by atoms with Crippen molar-refractivity contribution in [2.24, 2.45) is 0 Å². The summed E-state index contributed by atoms with van der Waals surface area (Å²) in [6.45, 7) is 3.81. The number of anilines is 1. The number of nitrogens with zero attached hydrogens (tertiary/aromatic N) is 2. The van der Waals surface area contributed by atoms with Gasteiger partial charge >= 0.3 is 0 Å². The van der Waals surface area contributed by atoms with Crippen molar-refractivity contribution in [2.45, 2.75) is 20.3 Å². The Morgan fingerprint density at radius 2 is 1.93 bits per heavy atom. The van der Waals surface area contributed by atoms with E-state index in [0.717, 1.165) is 18.4 Å². The number of nitrogens with one attached hydrogen (secondary N) is 2. The number of benzene rings is 1. The highest BCUT2D eigenvalue weighted by molar-refractivity contribution is 7.92. The van der Waals surface area contributed by atoms with Crippen LogP contribution in [0.5, 0.6) is 0 Å². The second kappa shape index (κ2) is 6.85. The molecule has 0 bridgehead atoms. The van der Waals surface area contributed by atoms with E-state index in [0.29, 0.717) is 33.4 Å². The van der Waals surface area contributed by atoms with Gasteiger partial charge in [-0.25, -0.2) is 8.42 Å². The van der Waals surface area contributed by atoms with Crippen LogP contribution >= 0.6 is 0 Å². The number of aromatic nitrogens is 2. The molecule has 0 atom stereocenters. The molecule has 0 amide bonds. The van der Waals surface area contributed by atoms with Crippen molar-refractivity contribution in [2.75, 3.05) is 11.0 Å².